The van der Waals surface area contributed by atoms with Gasteiger partial charge in [-0.3, -0.25) is 14.7 Å². The van der Waals surface area contributed by atoms with Crippen LogP contribution in [0.1, 0.15) is 30.9 Å². The van der Waals surface area contributed by atoms with Gasteiger partial charge in [-0.1, -0.05) is 6.07 Å². The molecule has 1 aliphatic rings. The Morgan fingerprint density at radius 2 is 2.08 bits per heavy atom. The summed E-state index contributed by atoms with van der Waals surface area (Å²) in [5, 5.41) is 3.29. The zero-order valence-electron chi connectivity index (χ0n) is 15.4. The van der Waals surface area contributed by atoms with Crippen LogP contribution in [-0.4, -0.2) is 51.5 Å². The zero-order valence-corrected chi connectivity index (χ0v) is 16.2. The molecule has 1 saturated heterocycles. The highest BCUT2D eigenvalue weighted by atomic mass is 32.2. The first kappa shape index (κ1) is 19.0. The number of piperidine rings is 1. The van der Waals surface area contributed by atoms with Crippen LogP contribution < -0.4 is 5.32 Å². The van der Waals surface area contributed by atoms with Crippen molar-refractivity contribution in [1.82, 2.24) is 19.8 Å². The summed E-state index contributed by atoms with van der Waals surface area (Å²) in [7, 11) is 0. The standard InChI is InChI=1S/C20H28N4OS/c1-26-14-8-19(24-10-2-3-11-24)20(25)22-18-6-12-23(13-7-18)16-17-5-4-9-21-15-17/h2-5,9-11,15,18-19H,6-8,12-14,16H2,1H3,(H,22,25). The summed E-state index contributed by atoms with van der Waals surface area (Å²) in [6.07, 6.45) is 12.7. The van der Waals surface area contributed by atoms with E-state index in [1.807, 2.05) is 47.6 Å². The molecular formula is C20H28N4OS. The normalized spacial score (nSPS) is 17.1. The molecule has 1 amide bonds. The fraction of sp³-hybridized carbons (Fsp3) is 0.500. The highest BCUT2D eigenvalue weighted by Gasteiger charge is 2.25. The molecule has 1 atom stereocenters. The lowest BCUT2D eigenvalue weighted by molar-refractivity contribution is -0.125. The van der Waals surface area contributed by atoms with E-state index in [4.69, 9.17) is 0 Å². The molecule has 140 valence electrons. The molecule has 0 aliphatic carbocycles. The summed E-state index contributed by atoms with van der Waals surface area (Å²) in [6, 6.07) is 8.24. The Hall–Kier alpha value is -1.79. The van der Waals surface area contributed by atoms with Crippen LogP contribution in [0, 0.1) is 0 Å². The molecule has 0 bridgehead atoms. The molecule has 2 aromatic heterocycles. The Kier molecular flexibility index (Phi) is 7.14. The van der Waals surface area contributed by atoms with E-state index in [0.29, 0.717) is 0 Å². The van der Waals surface area contributed by atoms with Gasteiger partial charge in [0.05, 0.1) is 0 Å². The van der Waals surface area contributed by atoms with Crippen molar-refractivity contribution in [1.29, 1.82) is 0 Å². The van der Waals surface area contributed by atoms with Crippen LogP contribution in [0.2, 0.25) is 0 Å². The van der Waals surface area contributed by atoms with Gasteiger partial charge in [0.2, 0.25) is 5.91 Å². The quantitative estimate of drug-likeness (QED) is 0.774. The maximum Gasteiger partial charge on any atom is 0.243 e. The molecule has 3 rings (SSSR count). The van der Waals surface area contributed by atoms with E-state index in [1.165, 1.54) is 5.56 Å². The van der Waals surface area contributed by atoms with Crippen molar-refractivity contribution < 1.29 is 4.79 Å². The minimum absolute atomic E-state index is 0.106. The van der Waals surface area contributed by atoms with Crippen molar-refractivity contribution in [3.05, 3.63) is 54.6 Å². The number of pyridine rings is 1. The largest absolute Gasteiger partial charge is 0.351 e. The first-order valence-electron chi connectivity index (χ1n) is 9.29. The molecule has 1 fully saturated rings. The molecule has 0 aromatic carbocycles. The molecule has 1 unspecified atom stereocenters. The number of thioether (sulfide) groups is 1. The number of amides is 1. The Morgan fingerprint density at radius 1 is 1.31 bits per heavy atom. The highest BCUT2D eigenvalue weighted by Crippen LogP contribution is 2.18. The van der Waals surface area contributed by atoms with E-state index in [2.05, 4.69) is 27.5 Å². The van der Waals surface area contributed by atoms with Gasteiger partial charge in [0.15, 0.2) is 0 Å². The lowest BCUT2D eigenvalue weighted by Gasteiger charge is -2.33. The average Bonchev–Trinajstić information content (AvgIpc) is 3.19. The number of nitrogens with zero attached hydrogens (tertiary/aromatic N) is 3. The third-order valence-electron chi connectivity index (χ3n) is 4.95. The summed E-state index contributed by atoms with van der Waals surface area (Å²) in [5.74, 6) is 1.14. The van der Waals surface area contributed by atoms with Gasteiger partial charge in [-0.2, -0.15) is 11.8 Å². The van der Waals surface area contributed by atoms with Crippen LogP contribution >= 0.6 is 11.8 Å². The van der Waals surface area contributed by atoms with Gasteiger partial charge in [0.25, 0.3) is 0 Å². The smallest absolute Gasteiger partial charge is 0.243 e. The van der Waals surface area contributed by atoms with E-state index >= 15 is 0 Å². The number of likely N-dealkylation sites (tertiary alicyclic amines) is 1. The second-order valence-corrected chi connectivity index (χ2v) is 7.83. The van der Waals surface area contributed by atoms with Crippen LogP contribution in [0.4, 0.5) is 0 Å². The SMILES string of the molecule is CSCCC(C(=O)NC1CCN(Cc2cccnc2)CC1)n1cccc1. The van der Waals surface area contributed by atoms with Crippen molar-refractivity contribution in [2.45, 2.75) is 37.9 Å². The Morgan fingerprint density at radius 3 is 2.73 bits per heavy atom. The molecule has 6 heteroatoms. The molecule has 1 aliphatic heterocycles. The predicted molar refractivity (Wildman–Crippen MR) is 107 cm³/mol. The topological polar surface area (TPSA) is 50.2 Å². The minimum Gasteiger partial charge on any atom is -0.351 e. The molecule has 1 N–H and O–H groups in total. The Bertz CT molecular complexity index is 654. The fourth-order valence-electron chi connectivity index (χ4n) is 3.48. The number of hydrogen-bond acceptors (Lipinski definition) is 4. The summed E-state index contributed by atoms with van der Waals surface area (Å²) < 4.78 is 2.03. The molecule has 26 heavy (non-hydrogen) atoms. The maximum absolute atomic E-state index is 12.8. The first-order valence-corrected chi connectivity index (χ1v) is 10.7. The van der Waals surface area contributed by atoms with Gasteiger partial charge < -0.3 is 9.88 Å². The van der Waals surface area contributed by atoms with Gasteiger partial charge in [-0.05, 0) is 55.0 Å². The van der Waals surface area contributed by atoms with Gasteiger partial charge in [-0.15, -0.1) is 0 Å². The molecule has 0 spiro atoms. The zero-order chi connectivity index (χ0) is 18.2. The number of aromatic nitrogens is 2. The number of rotatable bonds is 8. The first-order chi connectivity index (χ1) is 12.8. The van der Waals surface area contributed by atoms with Crippen LogP contribution in [0.15, 0.2) is 49.1 Å². The summed E-state index contributed by atoms with van der Waals surface area (Å²) in [5.41, 5.74) is 1.25. The second kappa shape index (κ2) is 9.78. The van der Waals surface area contributed by atoms with Gasteiger partial charge >= 0.3 is 0 Å². The fourth-order valence-corrected chi connectivity index (χ4v) is 3.94. The Balaban J connectivity index is 1.49. The minimum atomic E-state index is -0.106. The molecule has 5 nitrogen and oxygen atoms in total. The third-order valence-corrected chi connectivity index (χ3v) is 5.59. The second-order valence-electron chi connectivity index (χ2n) is 6.85. The van der Waals surface area contributed by atoms with Crippen molar-refractivity contribution in [2.75, 3.05) is 25.1 Å². The van der Waals surface area contributed by atoms with Crippen LogP contribution in [0.3, 0.4) is 0 Å². The van der Waals surface area contributed by atoms with Crippen molar-refractivity contribution in [3.8, 4) is 0 Å². The number of hydrogen-bond donors (Lipinski definition) is 1. The van der Waals surface area contributed by atoms with Crippen LogP contribution in [0.25, 0.3) is 0 Å². The predicted octanol–water partition coefficient (Wildman–Crippen LogP) is 2.96. The number of carbonyl (C=O) groups excluding carboxylic acids is 1. The lowest BCUT2D eigenvalue weighted by atomic mass is 10.0. The molecule has 0 radical (unpaired) electrons. The molecular weight excluding hydrogens is 344 g/mol. The van der Waals surface area contributed by atoms with E-state index < -0.39 is 0 Å². The average molecular weight is 373 g/mol. The molecule has 3 heterocycles. The van der Waals surface area contributed by atoms with Crippen molar-refractivity contribution in [3.63, 3.8) is 0 Å². The maximum atomic E-state index is 12.8. The summed E-state index contributed by atoms with van der Waals surface area (Å²) >= 11 is 1.79. The third kappa shape index (κ3) is 5.35. The Labute approximate surface area is 160 Å². The van der Waals surface area contributed by atoms with Crippen LogP contribution in [0.5, 0.6) is 0 Å². The monoisotopic (exact) mass is 372 g/mol. The van der Waals surface area contributed by atoms with E-state index in [1.54, 1.807) is 11.8 Å². The lowest BCUT2D eigenvalue weighted by Crippen LogP contribution is -2.46. The highest BCUT2D eigenvalue weighted by molar-refractivity contribution is 7.98. The van der Waals surface area contributed by atoms with Crippen LogP contribution in [-0.2, 0) is 11.3 Å². The van der Waals surface area contributed by atoms with Gasteiger partial charge in [0, 0.05) is 50.5 Å². The molecule has 0 saturated carbocycles. The van der Waals surface area contributed by atoms with Crippen molar-refractivity contribution in [2.24, 2.45) is 0 Å². The van der Waals surface area contributed by atoms with Gasteiger partial charge in [-0.25, -0.2) is 0 Å². The summed E-state index contributed by atoms with van der Waals surface area (Å²) in [6.45, 7) is 2.96. The van der Waals surface area contributed by atoms with Crippen molar-refractivity contribution >= 4 is 17.7 Å². The van der Waals surface area contributed by atoms with E-state index in [-0.39, 0.29) is 18.0 Å². The van der Waals surface area contributed by atoms with E-state index in [0.717, 1.165) is 44.6 Å². The molecule has 2 aromatic rings. The number of nitrogens with one attached hydrogen (secondary N) is 1. The van der Waals surface area contributed by atoms with E-state index in [9.17, 15) is 4.79 Å². The van der Waals surface area contributed by atoms with Gasteiger partial charge in [0.1, 0.15) is 6.04 Å². The number of carbonyl (C=O) groups is 1. The summed E-state index contributed by atoms with van der Waals surface area (Å²) in [4.78, 5) is 19.5.